The van der Waals surface area contributed by atoms with Crippen molar-refractivity contribution in [2.75, 3.05) is 6.61 Å². The van der Waals surface area contributed by atoms with E-state index in [1.807, 2.05) is 6.92 Å². The summed E-state index contributed by atoms with van der Waals surface area (Å²) < 4.78 is 1.73. The Morgan fingerprint density at radius 3 is 2.66 bits per heavy atom. The number of nitrogens with zero attached hydrogens (tertiary/aromatic N) is 3. The normalized spacial score (nSPS) is 45.2. The largest absolute Gasteiger partial charge is 0.393 e. The quantitative estimate of drug-likeness (QED) is 0.664. The molecule has 6 heteroatoms. The van der Waals surface area contributed by atoms with Gasteiger partial charge in [0.15, 0.2) is 0 Å². The van der Waals surface area contributed by atoms with Crippen molar-refractivity contribution in [2.24, 2.45) is 40.9 Å². The third-order valence-corrected chi connectivity index (χ3v) is 10.4. The van der Waals surface area contributed by atoms with E-state index < -0.39 is 11.2 Å². The van der Waals surface area contributed by atoms with Crippen LogP contribution >= 0.6 is 0 Å². The highest BCUT2D eigenvalue weighted by atomic mass is 16.3. The van der Waals surface area contributed by atoms with Crippen molar-refractivity contribution in [2.45, 2.75) is 89.4 Å². The third-order valence-electron chi connectivity index (χ3n) is 10.4. The molecule has 6 nitrogen and oxygen atoms in total. The molecule has 1 heterocycles. The Morgan fingerprint density at radius 2 is 1.94 bits per heavy atom. The van der Waals surface area contributed by atoms with Gasteiger partial charge in [-0.2, -0.15) is 10.4 Å². The van der Waals surface area contributed by atoms with Crippen LogP contribution in [0.1, 0.15) is 77.2 Å². The number of aliphatic hydroxyl groups excluding tert-OH is 1. The minimum atomic E-state index is -0.855. The molecule has 1 unspecified atom stereocenters. The van der Waals surface area contributed by atoms with Gasteiger partial charge in [0, 0.05) is 6.20 Å². The first kappa shape index (κ1) is 22.4. The van der Waals surface area contributed by atoms with Crippen molar-refractivity contribution < 1.29 is 15.3 Å². The minimum Gasteiger partial charge on any atom is -0.393 e. The van der Waals surface area contributed by atoms with Crippen molar-refractivity contribution in [3.05, 3.63) is 18.0 Å². The number of rotatable bonds is 4. The number of hydrogen-bond donors (Lipinski definition) is 3. The highest BCUT2D eigenvalue weighted by Crippen LogP contribution is 2.66. The molecule has 176 valence electrons. The van der Waals surface area contributed by atoms with E-state index in [-0.39, 0.29) is 17.9 Å². The molecule has 4 saturated carbocycles. The Labute approximate surface area is 191 Å². The van der Waals surface area contributed by atoms with Crippen LogP contribution in [0.25, 0.3) is 0 Å². The number of aliphatic hydroxyl groups is 3. The molecule has 4 aliphatic carbocycles. The first-order valence-electron chi connectivity index (χ1n) is 12.7. The van der Waals surface area contributed by atoms with Crippen LogP contribution < -0.4 is 0 Å². The molecule has 4 aliphatic rings. The van der Waals surface area contributed by atoms with E-state index in [1.165, 1.54) is 25.7 Å². The first-order chi connectivity index (χ1) is 15.2. The second kappa shape index (κ2) is 7.82. The molecular formula is C26H39N3O3. The summed E-state index contributed by atoms with van der Waals surface area (Å²) in [6, 6.07) is 2.12. The third kappa shape index (κ3) is 3.52. The number of hydrogen-bond acceptors (Lipinski definition) is 5. The number of nitriles is 1. The van der Waals surface area contributed by atoms with Crippen LogP contribution in [-0.4, -0.2) is 42.9 Å². The maximum absolute atomic E-state index is 11.6. The van der Waals surface area contributed by atoms with Crippen molar-refractivity contribution in [1.82, 2.24) is 9.78 Å². The lowest BCUT2D eigenvalue weighted by molar-refractivity contribution is -0.135. The maximum atomic E-state index is 11.6. The Hall–Kier alpha value is -1.42. The Balaban J connectivity index is 1.32. The van der Waals surface area contributed by atoms with E-state index in [9.17, 15) is 15.3 Å². The summed E-state index contributed by atoms with van der Waals surface area (Å²) in [4.78, 5) is 0. The average Bonchev–Trinajstić information content (AvgIpc) is 3.36. The van der Waals surface area contributed by atoms with E-state index in [2.05, 4.69) is 18.1 Å². The zero-order valence-corrected chi connectivity index (χ0v) is 19.6. The van der Waals surface area contributed by atoms with Gasteiger partial charge in [-0.3, -0.25) is 4.68 Å². The second-order valence-corrected chi connectivity index (χ2v) is 12.1. The van der Waals surface area contributed by atoms with Gasteiger partial charge < -0.3 is 15.3 Å². The van der Waals surface area contributed by atoms with Gasteiger partial charge >= 0.3 is 0 Å². The van der Waals surface area contributed by atoms with E-state index >= 15 is 0 Å². The summed E-state index contributed by atoms with van der Waals surface area (Å²) in [6.07, 6.45) is 12.9. The molecule has 0 amide bonds. The number of fused-ring (bicyclic) bond motifs is 5. The zero-order valence-electron chi connectivity index (χ0n) is 19.6. The van der Waals surface area contributed by atoms with Crippen molar-refractivity contribution in [1.29, 1.82) is 5.26 Å². The van der Waals surface area contributed by atoms with Gasteiger partial charge in [-0.05, 0) is 106 Å². The van der Waals surface area contributed by atoms with E-state index in [1.54, 1.807) is 17.1 Å². The summed E-state index contributed by atoms with van der Waals surface area (Å²) in [5.74, 6) is 3.61. The molecule has 0 spiro atoms. The molecule has 5 rings (SSSR count). The first-order valence-corrected chi connectivity index (χ1v) is 12.7. The van der Waals surface area contributed by atoms with Gasteiger partial charge in [0.1, 0.15) is 6.07 Å². The Morgan fingerprint density at radius 1 is 1.16 bits per heavy atom. The average molecular weight is 442 g/mol. The predicted molar refractivity (Wildman–Crippen MR) is 120 cm³/mol. The van der Waals surface area contributed by atoms with Crippen LogP contribution in [0.4, 0.5) is 0 Å². The molecule has 4 fully saturated rings. The number of aromatic nitrogens is 2. The standard InChI is InChI=1S/C26H39N3O3/c1-24-9-7-20-19-8-10-26(32,16-30)11-18(19)3-4-21(20)22(24)5-6-23(24)25(2,31)15-29-14-17(12-27)13-28-29/h13-14,18-23,30-32H,3-11,15-16H2,1-2H3/t18-,19+,20-,21-,22+,23+,24+,25?,26-/m1/s1. The second-order valence-electron chi connectivity index (χ2n) is 12.1. The van der Waals surface area contributed by atoms with E-state index in [4.69, 9.17) is 5.26 Å². The molecule has 0 saturated heterocycles. The highest BCUT2D eigenvalue weighted by Gasteiger charge is 2.60. The van der Waals surface area contributed by atoms with Crippen molar-refractivity contribution in [3.63, 3.8) is 0 Å². The fourth-order valence-electron chi connectivity index (χ4n) is 9.07. The Kier molecular flexibility index (Phi) is 5.47. The molecule has 32 heavy (non-hydrogen) atoms. The molecule has 1 aromatic rings. The van der Waals surface area contributed by atoms with Crippen LogP contribution in [0.3, 0.4) is 0 Å². The van der Waals surface area contributed by atoms with Crippen LogP contribution in [0.15, 0.2) is 12.4 Å². The molecule has 0 aliphatic heterocycles. The molecule has 1 aromatic heterocycles. The molecule has 0 bridgehead atoms. The zero-order chi connectivity index (χ0) is 22.7. The molecule has 3 N–H and O–H groups in total. The predicted octanol–water partition coefficient (Wildman–Crippen LogP) is 3.50. The van der Waals surface area contributed by atoms with Gasteiger partial charge in [0.05, 0.1) is 36.1 Å². The fourth-order valence-corrected chi connectivity index (χ4v) is 9.07. The summed E-state index contributed by atoms with van der Waals surface area (Å²) >= 11 is 0. The SMILES string of the molecule is CC(O)(Cn1cc(C#N)cn1)[C@H]1CC[C@H]2[C@@H]3CC[C@@H]4C[C@@](O)(CO)CC[C@@H]4[C@H]3CC[C@]12C. The molecule has 0 radical (unpaired) electrons. The van der Waals surface area contributed by atoms with Gasteiger partial charge in [-0.15, -0.1) is 0 Å². The summed E-state index contributed by atoms with van der Waals surface area (Å²) in [5, 5.41) is 45.3. The topological polar surface area (TPSA) is 102 Å². The lowest BCUT2D eigenvalue weighted by Crippen LogP contribution is -2.54. The molecular weight excluding hydrogens is 402 g/mol. The highest BCUT2D eigenvalue weighted by molar-refractivity contribution is 5.21. The Bertz CT molecular complexity index is 891. The minimum absolute atomic E-state index is 0.103. The van der Waals surface area contributed by atoms with E-state index in [0.29, 0.717) is 29.9 Å². The fraction of sp³-hybridized carbons (Fsp3) is 0.846. The van der Waals surface area contributed by atoms with Crippen molar-refractivity contribution in [3.8, 4) is 6.07 Å². The summed E-state index contributed by atoms with van der Waals surface area (Å²) in [5.41, 5.74) is -1.03. The summed E-state index contributed by atoms with van der Waals surface area (Å²) in [6.45, 7) is 4.73. The molecule has 9 atom stereocenters. The lowest BCUT2D eigenvalue weighted by Gasteiger charge is -2.58. The van der Waals surface area contributed by atoms with Crippen LogP contribution in [0.5, 0.6) is 0 Å². The monoisotopic (exact) mass is 441 g/mol. The van der Waals surface area contributed by atoms with E-state index in [0.717, 1.165) is 43.9 Å². The van der Waals surface area contributed by atoms with Crippen LogP contribution in [0, 0.1) is 52.3 Å². The molecule has 0 aromatic carbocycles. The van der Waals surface area contributed by atoms with Crippen LogP contribution in [-0.2, 0) is 6.54 Å². The summed E-state index contributed by atoms with van der Waals surface area (Å²) in [7, 11) is 0. The van der Waals surface area contributed by atoms with Gasteiger partial charge in [0.2, 0.25) is 0 Å². The van der Waals surface area contributed by atoms with Gasteiger partial charge in [-0.1, -0.05) is 6.92 Å². The van der Waals surface area contributed by atoms with Gasteiger partial charge in [0.25, 0.3) is 0 Å². The van der Waals surface area contributed by atoms with Crippen molar-refractivity contribution >= 4 is 0 Å². The maximum Gasteiger partial charge on any atom is 0.102 e. The lowest BCUT2D eigenvalue weighted by atomic mass is 9.48. The van der Waals surface area contributed by atoms with Crippen LogP contribution in [0.2, 0.25) is 0 Å². The smallest absolute Gasteiger partial charge is 0.102 e. The van der Waals surface area contributed by atoms with Gasteiger partial charge in [-0.25, -0.2) is 0 Å².